The maximum absolute atomic E-state index is 4.25. The van der Waals surface area contributed by atoms with E-state index in [0.717, 1.165) is 37.2 Å². The van der Waals surface area contributed by atoms with Crippen molar-refractivity contribution in [3.63, 3.8) is 0 Å². The predicted molar refractivity (Wildman–Crippen MR) is 69.7 cm³/mol. The van der Waals surface area contributed by atoms with Crippen molar-refractivity contribution < 1.29 is 0 Å². The number of aryl methyl sites for hydroxylation is 1. The van der Waals surface area contributed by atoms with Gasteiger partial charge >= 0.3 is 0 Å². The number of alkyl halides is 1. The number of hydrogen-bond donors (Lipinski definition) is 1. The SMILES string of the molecule is CCCn1ncnc1CNCCCCCBr. The molecule has 0 saturated carbocycles. The van der Waals surface area contributed by atoms with Crippen molar-refractivity contribution >= 4 is 15.9 Å². The van der Waals surface area contributed by atoms with Crippen LogP contribution in [0.1, 0.15) is 38.4 Å². The zero-order valence-corrected chi connectivity index (χ0v) is 11.5. The third-order valence-electron chi connectivity index (χ3n) is 2.40. The Balaban J connectivity index is 2.13. The van der Waals surface area contributed by atoms with Gasteiger partial charge in [0.05, 0.1) is 6.54 Å². The Morgan fingerprint density at radius 3 is 3.00 bits per heavy atom. The van der Waals surface area contributed by atoms with Crippen LogP contribution >= 0.6 is 15.9 Å². The molecule has 0 bridgehead atoms. The molecule has 1 N–H and O–H groups in total. The van der Waals surface area contributed by atoms with Crippen LogP contribution in [0.2, 0.25) is 0 Å². The molecule has 0 spiro atoms. The molecular weight excluding hydrogens is 268 g/mol. The van der Waals surface area contributed by atoms with Crippen molar-refractivity contribution in [2.45, 2.75) is 45.7 Å². The first-order valence-corrected chi connectivity index (χ1v) is 7.14. The first-order chi connectivity index (χ1) is 7.88. The van der Waals surface area contributed by atoms with Gasteiger partial charge in [-0.1, -0.05) is 29.3 Å². The number of nitrogens with one attached hydrogen (secondary N) is 1. The van der Waals surface area contributed by atoms with Gasteiger partial charge in [-0.25, -0.2) is 9.67 Å². The lowest BCUT2D eigenvalue weighted by Crippen LogP contribution is -2.18. The zero-order chi connectivity index (χ0) is 11.6. The normalized spacial score (nSPS) is 10.9. The van der Waals surface area contributed by atoms with Crippen molar-refractivity contribution in [2.75, 3.05) is 11.9 Å². The summed E-state index contributed by atoms with van der Waals surface area (Å²) in [6, 6.07) is 0. The van der Waals surface area contributed by atoms with Gasteiger partial charge in [0.1, 0.15) is 12.2 Å². The minimum Gasteiger partial charge on any atom is -0.310 e. The molecule has 0 aliphatic carbocycles. The molecule has 1 aromatic heterocycles. The van der Waals surface area contributed by atoms with Gasteiger partial charge in [-0.15, -0.1) is 0 Å². The van der Waals surface area contributed by atoms with Crippen molar-refractivity contribution in [2.24, 2.45) is 0 Å². The highest BCUT2D eigenvalue weighted by molar-refractivity contribution is 9.09. The molecule has 92 valence electrons. The smallest absolute Gasteiger partial charge is 0.140 e. The fraction of sp³-hybridized carbons (Fsp3) is 0.818. The van der Waals surface area contributed by atoms with E-state index in [2.05, 4.69) is 38.3 Å². The molecule has 16 heavy (non-hydrogen) atoms. The van der Waals surface area contributed by atoms with E-state index < -0.39 is 0 Å². The highest BCUT2D eigenvalue weighted by Gasteiger charge is 2.01. The maximum Gasteiger partial charge on any atom is 0.140 e. The van der Waals surface area contributed by atoms with Crippen LogP contribution in [0.3, 0.4) is 0 Å². The van der Waals surface area contributed by atoms with Crippen LogP contribution in [0.4, 0.5) is 0 Å². The molecule has 0 aliphatic heterocycles. The van der Waals surface area contributed by atoms with E-state index in [0.29, 0.717) is 0 Å². The average molecular weight is 289 g/mol. The van der Waals surface area contributed by atoms with Crippen molar-refractivity contribution in [3.05, 3.63) is 12.2 Å². The van der Waals surface area contributed by atoms with Crippen LogP contribution in [-0.4, -0.2) is 26.6 Å². The minimum atomic E-state index is 0.828. The molecule has 0 aromatic carbocycles. The summed E-state index contributed by atoms with van der Waals surface area (Å²) in [5.41, 5.74) is 0. The third-order valence-corrected chi connectivity index (χ3v) is 2.96. The molecule has 0 aliphatic rings. The lowest BCUT2D eigenvalue weighted by molar-refractivity contribution is 0.534. The van der Waals surface area contributed by atoms with Crippen LogP contribution in [0.15, 0.2) is 6.33 Å². The summed E-state index contributed by atoms with van der Waals surface area (Å²) < 4.78 is 1.98. The Kier molecular flexibility index (Phi) is 7.42. The first kappa shape index (κ1) is 13.6. The van der Waals surface area contributed by atoms with E-state index in [9.17, 15) is 0 Å². The molecule has 0 radical (unpaired) electrons. The van der Waals surface area contributed by atoms with Crippen LogP contribution in [-0.2, 0) is 13.1 Å². The topological polar surface area (TPSA) is 42.7 Å². The van der Waals surface area contributed by atoms with Crippen LogP contribution in [0, 0.1) is 0 Å². The molecule has 0 saturated heterocycles. The van der Waals surface area contributed by atoms with Crippen molar-refractivity contribution in [1.82, 2.24) is 20.1 Å². The number of unbranched alkanes of at least 4 members (excludes halogenated alkanes) is 2. The maximum atomic E-state index is 4.25. The van der Waals surface area contributed by atoms with Gasteiger partial charge in [-0.05, 0) is 25.8 Å². The van der Waals surface area contributed by atoms with Crippen LogP contribution < -0.4 is 5.32 Å². The monoisotopic (exact) mass is 288 g/mol. The van der Waals surface area contributed by atoms with Gasteiger partial charge in [-0.2, -0.15) is 5.10 Å². The Labute approximate surface area is 106 Å². The van der Waals surface area contributed by atoms with Gasteiger partial charge in [0.25, 0.3) is 0 Å². The summed E-state index contributed by atoms with van der Waals surface area (Å²) in [7, 11) is 0. The summed E-state index contributed by atoms with van der Waals surface area (Å²) in [5, 5.41) is 8.71. The summed E-state index contributed by atoms with van der Waals surface area (Å²) in [6.07, 6.45) is 6.50. The standard InChI is InChI=1S/C11H21BrN4/c1-2-8-16-11(14-10-15-16)9-13-7-5-3-4-6-12/h10,13H,2-9H2,1H3. The second kappa shape index (κ2) is 8.70. The fourth-order valence-electron chi connectivity index (χ4n) is 1.55. The predicted octanol–water partition coefficient (Wildman–Crippen LogP) is 2.34. The molecule has 0 amide bonds. The summed E-state index contributed by atoms with van der Waals surface area (Å²) in [5.74, 6) is 1.04. The summed E-state index contributed by atoms with van der Waals surface area (Å²) in [4.78, 5) is 4.25. The van der Waals surface area contributed by atoms with Gasteiger partial charge in [0.15, 0.2) is 0 Å². The van der Waals surface area contributed by atoms with E-state index in [-0.39, 0.29) is 0 Å². The molecule has 5 heteroatoms. The van der Waals surface area contributed by atoms with E-state index in [1.54, 1.807) is 6.33 Å². The molecule has 0 atom stereocenters. The Morgan fingerprint density at radius 1 is 1.38 bits per heavy atom. The van der Waals surface area contributed by atoms with Crippen molar-refractivity contribution in [3.8, 4) is 0 Å². The number of rotatable bonds is 9. The molecule has 1 heterocycles. The third kappa shape index (κ3) is 5.07. The number of aromatic nitrogens is 3. The molecule has 0 unspecified atom stereocenters. The highest BCUT2D eigenvalue weighted by atomic mass is 79.9. The Morgan fingerprint density at radius 2 is 2.25 bits per heavy atom. The Hall–Kier alpha value is -0.420. The van der Waals surface area contributed by atoms with E-state index in [4.69, 9.17) is 0 Å². The molecule has 0 fully saturated rings. The number of hydrogen-bond acceptors (Lipinski definition) is 3. The zero-order valence-electron chi connectivity index (χ0n) is 9.95. The van der Waals surface area contributed by atoms with Gasteiger partial charge in [0, 0.05) is 11.9 Å². The fourth-order valence-corrected chi connectivity index (χ4v) is 1.94. The molecule has 1 rings (SSSR count). The van der Waals surface area contributed by atoms with Gasteiger partial charge < -0.3 is 5.32 Å². The summed E-state index contributed by atoms with van der Waals surface area (Å²) >= 11 is 3.43. The lowest BCUT2D eigenvalue weighted by atomic mass is 10.2. The van der Waals surface area contributed by atoms with Gasteiger partial charge in [-0.3, -0.25) is 0 Å². The lowest BCUT2D eigenvalue weighted by Gasteiger charge is -2.05. The first-order valence-electron chi connectivity index (χ1n) is 6.01. The summed E-state index contributed by atoms with van der Waals surface area (Å²) in [6.45, 7) is 5.00. The number of nitrogens with zero attached hydrogens (tertiary/aromatic N) is 3. The van der Waals surface area contributed by atoms with Gasteiger partial charge in [0.2, 0.25) is 0 Å². The van der Waals surface area contributed by atoms with Crippen LogP contribution in [0.5, 0.6) is 0 Å². The Bertz CT molecular complexity index is 275. The second-order valence-corrected chi connectivity index (χ2v) is 4.62. The molecular formula is C11H21BrN4. The van der Waals surface area contributed by atoms with E-state index in [1.165, 1.54) is 19.3 Å². The minimum absolute atomic E-state index is 0.828. The van der Waals surface area contributed by atoms with E-state index in [1.807, 2.05) is 4.68 Å². The molecule has 4 nitrogen and oxygen atoms in total. The largest absolute Gasteiger partial charge is 0.310 e. The highest BCUT2D eigenvalue weighted by Crippen LogP contribution is 1.98. The number of halogens is 1. The molecule has 1 aromatic rings. The quantitative estimate of drug-likeness (QED) is 0.560. The second-order valence-electron chi connectivity index (χ2n) is 3.83. The van der Waals surface area contributed by atoms with Crippen LogP contribution in [0.25, 0.3) is 0 Å². The van der Waals surface area contributed by atoms with E-state index >= 15 is 0 Å². The van der Waals surface area contributed by atoms with Crippen molar-refractivity contribution in [1.29, 1.82) is 0 Å². The average Bonchev–Trinajstić information content (AvgIpc) is 2.72.